The third kappa shape index (κ3) is 1.31. The first-order chi connectivity index (χ1) is 8.29. The van der Waals surface area contributed by atoms with E-state index in [1.807, 2.05) is 0 Å². The molecule has 1 heterocycles. The van der Waals surface area contributed by atoms with Crippen molar-refractivity contribution < 1.29 is 17.6 Å². The van der Waals surface area contributed by atoms with Crippen LogP contribution in [0.15, 0.2) is 9.59 Å². The molecule has 0 fully saturated rings. The van der Waals surface area contributed by atoms with E-state index in [4.69, 9.17) is 0 Å². The van der Waals surface area contributed by atoms with Gasteiger partial charge in [-0.2, -0.15) is 0 Å². The van der Waals surface area contributed by atoms with Gasteiger partial charge in [0.25, 0.3) is 5.56 Å². The number of benzene rings is 1. The molecule has 2 aromatic rings. The van der Waals surface area contributed by atoms with Crippen LogP contribution in [0, 0.1) is 23.3 Å². The Labute approximate surface area is 96.7 Å². The molecule has 0 saturated carbocycles. The average molecular weight is 262 g/mol. The van der Waals surface area contributed by atoms with Gasteiger partial charge < -0.3 is 0 Å². The molecule has 0 aliphatic rings. The van der Waals surface area contributed by atoms with Crippen molar-refractivity contribution in [1.82, 2.24) is 9.13 Å². The zero-order chi connectivity index (χ0) is 13.8. The molecular weight excluding hydrogens is 256 g/mol. The van der Waals surface area contributed by atoms with Crippen LogP contribution in [0.3, 0.4) is 0 Å². The second-order valence-corrected chi connectivity index (χ2v) is 3.69. The van der Waals surface area contributed by atoms with Crippen LogP contribution in [0.2, 0.25) is 0 Å². The zero-order valence-electron chi connectivity index (χ0n) is 9.22. The van der Waals surface area contributed by atoms with E-state index in [2.05, 4.69) is 0 Å². The summed E-state index contributed by atoms with van der Waals surface area (Å²) in [6.45, 7) is 0. The number of rotatable bonds is 0. The highest BCUT2D eigenvalue weighted by atomic mass is 19.2. The molecule has 96 valence electrons. The predicted octanol–water partition coefficient (Wildman–Crippen LogP) is 0.794. The molecule has 0 atom stereocenters. The maximum atomic E-state index is 13.5. The quantitative estimate of drug-likeness (QED) is 0.400. The van der Waals surface area contributed by atoms with Crippen LogP contribution in [0.5, 0.6) is 0 Å². The van der Waals surface area contributed by atoms with Crippen LogP contribution >= 0.6 is 0 Å². The van der Waals surface area contributed by atoms with Crippen molar-refractivity contribution in [3.05, 3.63) is 44.1 Å². The van der Waals surface area contributed by atoms with Crippen molar-refractivity contribution >= 4 is 10.9 Å². The van der Waals surface area contributed by atoms with Gasteiger partial charge in [0.2, 0.25) is 0 Å². The smallest absolute Gasteiger partial charge is 0.293 e. The minimum absolute atomic E-state index is 0.474. The Balaban J connectivity index is 3.33. The van der Waals surface area contributed by atoms with E-state index in [9.17, 15) is 27.2 Å². The lowest BCUT2D eigenvalue weighted by Crippen LogP contribution is -2.38. The number of nitrogens with zero attached hydrogens (tertiary/aromatic N) is 2. The molecule has 0 spiro atoms. The van der Waals surface area contributed by atoms with E-state index in [1.165, 1.54) is 0 Å². The summed E-state index contributed by atoms with van der Waals surface area (Å²) in [6.07, 6.45) is 0. The van der Waals surface area contributed by atoms with Crippen LogP contribution < -0.4 is 11.2 Å². The van der Waals surface area contributed by atoms with Gasteiger partial charge in [-0.15, -0.1) is 0 Å². The summed E-state index contributed by atoms with van der Waals surface area (Å²) in [5.41, 5.74) is -3.11. The van der Waals surface area contributed by atoms with Crippen molar-refractivity contribution in [1.29, 1.82) is 0 Å². The maximum absolute atomic E-state index is 13.5. The molecule has 0 unspecified atom stereocenters. The van der Waals surface area contributed by atoms with E-state index < -0.39 is 45.4 Å². The van der Waals surface area contributed by atoms with Gasteiger partial charge in [-0.05, 0) is 0 Å². The molecule has 0 aliphatic heterocycles. The summed E-state index contributed by atoms with van der Waals surface area (Å²) >= 11 is 0. The molecule has 0 bridgehead atoms. The van der Waals surface area contributed by atoms with E-state index in [1.54, 1.807) is 0 Å². The number of fused-ring (bicyclic) bond motifs is 1. The number of hydrogen-bond acceptors (Lipinski definition) is 2. The summed E-state index contributed by atoms with van der Waals surface area (Å²) in [6, 6.07) is 0. The Kier molecular flexibility index (Phi) is 2.53. The molecule has 1 aromatic carbocycles. The lowest BCUT2D eigenvalue weighted by molar-refractivity contribution is 0.414. The van der Waals surface area contributed by atoms with E-state index in [0.717, 1.165) is 14.1 Å². The van der Waals surface area contributed by atoms with Crippen molar-refractivity contribution in [3.63, 3.8) is 0 Å². The van der Waals surface area contributed by atoms with Crippen LogP contribution in [-0.2, 0) is 14.1 Å². The van der Waals surface area contributed by atoms with Crippen LogP contribution in [-0.4, -0.2) is 9.13 Å². The van der Waals surface area contributed by atoms with Gasteiger partial charge >= 0.3 is 5.69 Å². The Bertz CT molecular complexity index is 792. The first kappa shape index (κ1) is 12.3. The summed E-state index contributed by atoms with van der Waals surface area (Å²) in [5, 5.41) is -1.00. The minimum Gasteiger partial charge on any atom is -0.293 e. The fourth-order valence-corrected chi connectivity index (χ4v) is 1.71. The Morgan fingerprint density at radius 2 is 1.28 bits per heavy atom. The van der Waals surface area contributed by atoms with Crippen molar-refractivity contribution in [2.45, 2.75) is 0 Å². The molecule has 0 saturated heterocycles. The molecule has 0 N–H and O–H groups in total. The normalized spacial score (nSPS) is 11.2. The van der Waals surface area contributed by atoms with E-state index >= 15 is 0 Å². The van der Waals surface area contributed by atoms with Gasteiger partial charge in [0, 0.05) is 14.1 Å². The molecule has 1 aromatic heterocycles. The van der Waals surface area contributed by atoms with Crippen molar-refractivity contribution in [2.75, 3.05) is 0 Å². The highest BCUT2D eigenvalue weighted by Gasteiger charge is 2.25. The highest BCUT2D eigenvalue weighted by Crippen LogP contribution is 2.23. The van der Waals surface area contributed by atoms with Gasteiger partial charge in [0.1, 0.15) is 10.9 Å². The Hall–Kier alpha value is -2.12. The predicted molar refractivity (Wildman–Crippen MR) is 54.3 cm³/mol. The topological polar surface area (TPSA) is 44.0 Å². The van der Waals surface area contributed by atoms with E-state index in [-0.39, 0.29) is 0 Å². The van der Waals surface area contributed by atoms with Crippen molar-refractivity contribution in [2.24, 2.45) is 14.1 Å². The molecule has 0 amide bonds. The summed E-state index contributed by atoms with van der Waals surface area (Å²) in [5.74, 6) is -7.75. The molecule has 2 rings (SSSR count). The summed E-state index contributed by atoms with van der Waals surface area (Å²) in [4.78, 5) is 23.1. The number of hydrogen-bond donors (Lipinski definition) is 0. The fourth-order valence-electron chi connectivity index (χ4n) is 1.71. The largest absolute Gasteiger partial charge is 0.331 e. The molecular formula is C10H6F4N2O2. The summed E-state index contributed by atoms with van der Waals surface area (Å²) < 4.78 is 54.1. The van der Waals surface area contributed by atoms with Gasteiger partial charge in [-0.3, -0.25) is 13.9 Å². The van der Waals surface area contributed by atoms with E-state index in [0.29, 0.717) is 9.13 Å². The third-order valence-electron chi connectivity index (χ3n) is 2.67. The second-order valence-electron chi connectivity index (χ2n) is 3.69. The van der Waals surface area contributed by atoms with Crippen LogP contribution in [0.4, 0.5) is 17.6 Å². The molecule has 4 nitrogen and oxygen atoms in total. The van der Waals surface area contributed by atoms with Crippen LogP contribution in [0.1, 0.15) is 0 Å². The Morgan fingerprint density at radius 3 is 1.83 bits per heavy atom. The molecule has 0 aliphatic carbocycles. The minimum atomic E-state index is -2.09. The molecule has 8 heteroatoms. The fraction of sp³-hybridized carbons (Fsp3) is 0.200. The lowest BCUT2D eigenvalue weighted by atomic mass is 10.2. The SMILES string of the molecule is Cn1c(=O)c2c(F)c(F)c(F)c(F)c2n(C)c1=O. The number of halogens is 4. The van der Waals surface area contributed by atoms with Gasteiger partial charge in [-0.25, -0.2) is 22.4 Å². The van der Waals surface area contributed by atoms with Crippen molar-refractivity contribution in [3.8, 4) is 0 Å². The number of aromatic nitrogens is 2. The third-order valence-corrected chi connectivity index (χ3v) is 2.67. The molecule has 0 radical (unpaired) electrons. The van der Waals surface area contributed by atoms with Gasteiger partial charge in [0.15, 0.2) is 23.3 Å². The number of aryl methyl sites for hydroxylation is 1. The van der Waals surface area contributed by atoms with Gasteiger partial charge in [-0.1, -0.05) is 0 Å². The first-order valence-corrected chi connectivity index (χ1v) is 4.70. The second kappa shape index (κ2) is 3.69. The maximum Gasteiger partial charge on any atom is 0.331 e. The van der Waals surface area contributed by atoms with Gasteiger partial charge in [0.05, 0.1) is 0 Å². The molecule has 18 heavy (non-hydrogen) atoms. The first-order valence-electron chi connectivity index (χ1n) is 4.70. The monoisotopic (exact) mass is 262 g/mol. The highest BCUT2D eigenvalue weighted by molar-refractivity contribution is 5.79. The Morgan fingerprint density at radius 1 is 0.778 bits per heavy atom. The standard InChI is InChI=1S/C10H6F4N2O2/c1-15-8-3(9(17)16(2)10(15)18)4(11)5(12)6(13)7(8)14/h1-2H3. The zero-order valence-corrected chi connectivity index (χ0v) is 9.22. The van der Waals surface area contributed by atoms with Crippen LogP contribution in [0.25, 0.3) is 10.9 Å². The lowest BCUT2D eigenvalue weighted by Gasteiger charge is -2.09. The average Bonchev–Trinajstić information content (AvgIpc) is 2.35. The summed E-state index contributed by atoms with van der Waals surface area (Å²) in [7, 11) is 2.03.